The maximum atomic E-state index is 13.6. The Morgan fingerprint density at radius 2 is 2.00 bits per heavy atom. The van der Waals surface area contributed by atoms with Crippen LogP contribution in [0.15, 0.2) is 24.3 Å². The fraction of sp³-hybridized carbons (Fsp3) is 0.533. The Hall–Kier alpha value is -1.42. The highest BCUT2D eigenvalue weighted by Gasteiger charge is 2.48. The van der Waals surface area contributed by atoms with Gasteiger partial charge in [-0.2, -0.15) is 0 Å². The van der Waals surface area contributed by atoms with E-state index in [1.807, 2.05) is 0 Å². The van der Waals surface area contributed by atoms with Crippen LogP contribution in [0.1, 0.15) is 36.0 Å². The number of hydrogen-bond donors (Lipinski definition) is 1. The molecule has 1 aromatic carbocycles. The van der Waals surface area contributed by atoms with E-state index in [2.05, 4.69) is 5.32 Å². The summed E-state index contributed by atoms with van der Waals surface area (Å²) in [5.74, 6) is -0.756. The van der Waals surface area contributed by atoms with Crippen molar-refractivity contribution in [1.82, 2.24) is 5.32 Å². The van der Waals surface area contributed by atoms with Crippen LogP contribution in [0.25, 0.3) is 0 Å². The average Bonchev–Trinajstić information content (AvgIpc) is 2.45. The van der Waals surface area contributed by atoms with Crippen LogP contribution in [0.3, 0.4) is 0 Å². The SMILES string of the molecule is O=C(NC1CCC12CCOCC2)c1ccccc1F. The zero-order valence-electron chi connectivity index (χ0n) is 10.8. The number of hydrogen-bond acceptors (Lipinski definition) is 2. The first-order chi connectivity index (χ1) is 9.21. The third-order valence-corrected chi connectivity index (χ3v) is 4.58. The van der Waals surface area contributed by atoms with Gasteiger partial charge >= 0.3 is 0 Å². The summed E-state index contributed by atoms with van der Waals surface area (Å²) >= 11 is 0. The van der Waals surface area contributed by atoms with Gasteiger partial charge in [-0.25, -0.2) is 4.39 Å². The van der Waals surface area contributed by atoms with Crippen LogP contribution in [0, 0.1) is 11.2 Å². The average molecular weight is 263 g/mol. The molecule has 1 spiro atoms. The van der Waals surface area contributed by atoms with E-state index in [0.717, 1.165) is 38.9 Å². The Kier molecular flexibility index (Phi) is 3.27. The highest BCUT2D eigenvalue weighted by Crippen LogP contribution is 2.48. The lowest BCUT2D eigenvalue weighted by molar-refractivity contribution is -0.0523. The maximum Gasteiger partial charge on any atom is 0.254 e. The van der Waals surface area contributed by atoms with Gasteiger partial charge in [0.05, 0.1) is 5.56 Å². The van der Waals surface area contributed by atoms with Crippen LogP contribution >= 0.6 is 0 Å². The normalized spacial score (nSPS) is 24.8. The minimum atomic E-state index is -0.458. The largest absolute Gasteiger partial charge is 0.381 e. The molecule has 1 aliphatic heterocycles. The molecule has 1 saturated carbocycles. The Balaban J connectivity index is 1.69. The molecule has 1 unspecified atom stereocenters. The molecule has 0 bridgehead atoms. The van der Waals surface area contributed by atoms with Crippen molar-refractivity contribution in [1.29, 1.82) is 0 Å². The summed E-state index contributed by atoms with van der Waals surface area (Å²) in [6.07, 6.45) is 4.11. The molecule has 4 heteroatoms. The second-order valence-electron chi connectivity index (χ2n) is 5.52. The van der Waals surface area contributed by atoms with E-state index < -0.39 is 5.82 Å². The van der Waals surface area contributed by atoms with Crippen molar-refractivity contribution in [3.8, 4) is 0 Å². The van der Waals surface area contributed by atoms with Gasteiger partial charge in [0, 0.05) is 19.3 Å². The Morgan fingerprint density at radius 3 is 2.63 bits per heavy atom. The van der Waals surface area contributed by atoms with Crippen LogP contribution < -0.4 is 5.32 Å². The van der Waals surface area contributed by atoms with Crippen LogP contribution in [0.4, 0.5) is 4.39 Å². The number of halogens is 1. The smallest absolute Gasteiger partial charge is 0.254 e. The topological polar surface area (TPSA) is 38.3 Å². The van der Waals surface area contributed by atoms with E-state index in [9.17, 15) is 9.18 Å². The Morgan fingerprint density at radius 1 is 1.26 bits per heavy atom. The number of rotatable bonds is 2. The molecule has 2 fully saturated rings. The fourth-order valence-electron chi connectivity index (χ4n) is 3.18. The second kappa shape index (κ2) is 4.93. The minimum absolute atomic E-state index is 0.136. The summed E-state index contributed by atoms with van der Waals surface area (Å²) in [5.41, 5.74) is 0.329. The van der Waals surface area contributed by atoms with Gasteiger partial charge < -0.3 is 10.1 Å². The van der Waals surface area contributed by atoms with Crippen molar-refractivity contribution in [2.24, 2.45) is 5.41 Å². The third kappa shape index (κ3) is 2.25. The third-order valence-electron chi connectivity index (χ3n) is 4.58. The molecule has 1 heterocycles. The van der Waals surface area contributed by atoms with Crippen LogP contribution in [0.2, 0.25) is 0 Å². The zero-order valence-corrected chi connectivity index (χ0v) is 10.8. The quantitative estimate of drug-likeness (QED) is 0.890. The molecule has 3 rings (SSSR count). The summed E-state index contributed by atoms with van der Waals surface area (Å²) in [6, 6.07) is 6.29. The number of nitrogens with one attached hydrogen (secondary N) is 1. The molecule has 0 radical (unpaired) electrons. The highest BCUT2D eigenvalue weighted by molar-refractivity contribution is 5.94. The lowest BCUT2D eigenvalue weighted by Crippen LogP contribution is -2.57. The molecule has 1 N–H and O–H groups in total. The zero-order chi connectivity index (χ0) is 13.3. The van der Waals surface area contributed by atoms with Crippen molar-refractivity contribution in [2.45, 2.75) is 31.7 Å². The summed E-state index contributed by atoms with van der Waals surface area (Å²) in [5, 5.41) is 3.00. The number of carbonyl (C=O) groups is 1. The fourth-order valence-corrected chi connectivity index (χ4v) is 3.18. The van der Waals surface area contributed by atoms with Gasteiger partial charge in [0.25, 0.3) is 5.91 Å². The molecule has 1 saturated heterocycles. The summed E-state index contributed by atoms with van der Waals surface area (Å²) in [4.78, 5) is 12.1. The number of carbonyl (C=O) groups excluding carboxylic acids is 1. The summed E-state index contributed by atoms with van der Waals surface area (Å²) in [7, 11) is 0. The molecule has 2 aliphatic rings. The van der Waals surface area contributed by atoms with E-state index in [1.54, 1.807) is 12.1 Å². The van der Waals surface area contributed by atoms with E-state index in [-0.39, 0.29) is 22.9 Å². The first kappa shape index (κ1) is 12.6. The summed E-state index contributed by atoms with van der Waals surface area (Å²) in [6.45, 7) is 1.54. The minimum Gasteiger partial charge on any atom is -0.381 e. The van der Waals surface area contributed by atoms with Gasteiger partial charge in [-0.3, -0.25) is 4.79 Å². The van der Waals surface area contributed by atoms with E-state index in [4.69, 9.17) is 4.74 Å². The van der Waals surface area contributed by atoms with Crippen molar-refractivity contribution >= 4 is 5.91 Å². The lowest BCUT2D eigenvalue weighted by atomic mass is 9.60. The molecule has 1 aromatic rings. The number of ether oxygens (including phenoxy) is 1. The number of amides is 1. The first-order valence-electron chi connectivity index (χ1n) is 6.84. The number of benzene rings is 1. The molecule has 102 valence electrons. The molecule has 1 amide bonds. The molecule has 1 atom stereocenters. The Labute approximate surface area is 112 Å². The van der Waals surface area contributed by atoms with Gasteiger partial charge in [0.2, 0.25) is 0 Å². The first-order valence-corrected chi connectivity index (χ1v) is 6.84. The van der Waals surface area contributed by atoms with Gasteiger partial charge in [0.15, 0.2) is 0 Å². The summed E-state index contributed by atoms with van der Waals surface area (Å²) < 4.78 is 19.0. The van der Waals surface area contributed by atoms with Gasteiger partial charge in [-0.05, 0) is 43.2 Å². The van der Waals surface area contributed by atoms with Crippen LogP contribution in [-0.4, -0.2) is 25.2 Å². The second-order valence-corrected chi connectivity index (χ2v) is 5.52. The van der Waals surface area contributed by atoms with Crippen LogP contribution in [0.5, 0.6) is 0 Å². The monoisotopic (exact) mass is 263 g/mol. The molecular weight excluding hydrogens is 245 g/mol. The molecule has 1 aliphatic carbocycles. The van der Waals surface area contributed by atoms with Gasteiger partial charge in [0.1, 0.15) is 5.82 Å². The van der Waals surface area contributed by atoms with Gasteiger partial charge in [-0.15, -0.1) is 0 Å². The highest BCUT2D eigenvalue weighted by atomic mass is 19.1. The Bertz CT molecular complexity index is 483. The van der Waals surface area contributed by atoms with Crippen molar-refractivity contribution in [3.05, 3.63) is 35.6 Å². The van der Waals surface area contributed by atoms with E-state index >= 15 is 0 Å². The van der Waals surface area contributed by atoms with Gasteiger partial charge in [-0.1, -0.05) is 12.1 Å². The molecule has 3 nitrogen and oxygen atoms in total. The maximum absolute atomic E-state index is 13.6. The molecule has 0 aromatic heterocycles. The van der Waals surface area contributed by atoms with E-state index in [1.165, 1.54) is 12.1 Å². The van der Waals surface area contributed by atoms with Crippen molar-refractivity contribution < 1.29 is 13.9 Å². The van der Waals surface area contributed by atoms with Crippen molar-refractivity contribution in [2.75, 3.05) is 13.2 Å². The molecular formula is C15H18FNO2. The standard InChI is InChI=1S/C15H18FNO2/c16-12-4-2-1-3-11(12)14(18)17-13-5-6-15(13)7-9-19-10-8-15/h1-4,13H,5-10H2,(H,17,18). The molecule has 19 heavy (non-hydrogen) atoms. The van der Waals surface area contributed by atoms with E-state index in [0.29, 0.717) is 0 Å². The predicted octanol–water partition coefficient (Wildman–Crippen LogP) is 2.51. The van der Waals surface area contributed by atoms with Crippen LogP contribution in [-0.2, 0) is 4.74 Å². The van der Waals surface area contributed by atoms with Crippen molar-refractivity contribution in [3.63, 3.8) is 0 Å². The lowest BCUT2D eigenvalue weighted by Gasteiger charge is -2.52. The predicted molar refractivity (Wildman–Crippen MR) is 69.4 cm³/mol.